The maximum Gasteiger partial charge on any atom is 0.253 e. The number of nitrogens with zero attached hydrogens (tertiary/aromatic N) is 1. The van der Waals surface area contributed by atoms with Crippen LogP contribution in [-0.4, -0.2) is 37.5 Å². The van der Waals surface area contributed by atoms with Crippen LogP contribution in [0.4, 0.5) is 0 Å². The Kier molecular flexibility index (Phi) is 6.27. The zero-order chi connectivity index (χ0) is 16.1. The molecule has 2 rings (SSSR count). The Bertz CT molecular complexity index is 508. The molecular weight excluding hydrogens is 296 g/mol. The molecule has 0 radical (unpaired) electrons. The molecule has 1 N–H and O–H groups in total. The van der Waals surface area contributed by atoms with Crippen molar-refractivity contribution in [1.29, 1.82) is 0 Å². The maximum absolute atomic E-state index is 12.6. The normalized spacial score (nSPS) is 16.3. The van der Waals surface area contributed by atoms with Gasteiger partial charge in [0, 0.05) is 23.7 Å². The van der Waals surface area contributed by atoms with Crippen molar-refractivity contribution >= 4 is 17.5 Å². The third kappa shape index (κ3) is 4.23. The highest BCUT2D eigenvalue weighted by atomic mass is 35.5. The van der Waals surface area contributed by atoms with E-state index in [0.717, 1.165) is 44.0 Å². The van der Waals surface area contributed by atoms with E-state index in [-0.39, 0.29) is 5.91 Å². The Labute approximate surface area is 139 Å². The highest BCUT2D eigenvalue weighted by Crippen LogP contribution is 2.27. The number of benzene rings is 1. The Hall–Kier alpha value is -1.06. The molecule has 1 aromatic carbocycles. The van der Waals surface area contributed by atoms with Crippen molar-refractivity contribution < 1.29 is 4.79 Å². The summed E-state index contributed by atoms with van der Waals surface area (Å²) >= 11 is 6.31. The fourth-order valence-electron chi connectivity index (χ4n) is 3.08. The Morgan fingerprint density at radius 3 is 2.59 bits per heavy atom. The number of nitrogens with one attached hydrogen (secondary N) is 1. The first-order valence-corrected chi connectivity index (χ1v) is 8.64. The van der Waals surface area contributed by atoms with Crippen LogP contribution >= 0.6 is 11.6 Å². The van der Waals surface area contributed by atoms with Gasteiger partial charge in [-0.1, -0.05) is 31.5 Å². The number of hydrogen-bond donors (Lipinski definition) is 1. The first-order valence-electron chi connectivity index (χ1n) is 8.26. The second-order valence-electron chi connectivity index (χ2n) is 6.52. The van der Waals surface area contributed by atoms with E-state index in [1.165, 1.54) is 6.42 Å². The smallest absolute Gasteiger partial charge is 0.253 e. The van der Waals surface area contributed by atoms with Crippen LogP contribution in [0.1, 0.15) is 54.9 Å². The number of rotatable bonds is 5. The van der Waals surface area contributed by atoms with Gasteiger partial charge in [-0.05, 0) is 62.4 Å². The quantitative estimate of drug-likeness (QED) is 0.891. The van der Waals surface area contributed by atoms with Crippen molar-refractivity contribution in [3.63, 3.8) is 0 Å². The van der Waals surface area contributed by atoms with Gasteiger partial charge in [-0.25, -0.2) is 0 Å². The van der Waals surface area contributed by atoms with Gasteiger partial charge in [-0.3, -0.25) is 4.79 Å². The second-order valence-corrected chi connectivity index (χ2v) is 6.93. The van der Waals surface area contributed by atoms with Crippen molar-refractivity contribution in [1.82, 2.24) is 10.2 Å². The largest absolute Gasteiger partial charge is 0.339 e. The zero-order valence-electron chi connectivity index (χ0n) is 13.9. The van der Waals surface area contributed by atoms with Crippen LogP contribution < -0.4 is 5.32 Å². The fourth-order valence-corrected chi connectivity index (χ4v) is 3.48. The van der Waals surface area contributed by atoms with E-state index >= 15 is 0 Å². The summed E-state index contributed by atoms with van der Waals surface area (Å²) in [6.07, 6.45) is 3.41. The molecule has 0 spiro atoms. The summed E-state index contributed by atoms with van der Waals surface area (Å²) in [5.41, 5.74) is 1.81. The minimum Gasteiger partial charge on any atom is -0.339 e. The highest BCUT2D eigenvalue weighted by Gasteiger charge is 2.23. The molecule has 1 aliphatic heterocycles. The molecule has 3 nitrogen and oxygen atoms in total. The highest BCUT2D eigenvalue weighted by molar-refractivity contribution is 6.31. The monoisotopic (exact) mass is 322 g/mol. The van der Waals surface area contributed by atoms with Gasteiger partial charge in [0.25, 0.3) is 5.91 Å². The van der Waals surface area contributed by atoms with Crippen LogP contribution in [0.2, 0.25) is 5.02 Å². The lowest BCUT2D eigenvalue weighted by molar-refractivity contribution is 0.0687. The standard InChI is InChI=1S/C18H27ClN2O/c1-13(2)16-5-4-15(12-17(16)19)18(22)21-10-7-14(8-11-21)6-9-20-3/h4-5,12-14,20H,6-11H2,1-3H3. The zero-order valence-corrected chi connectivity index (χ0v) is 14.6. The van der Waals surface area contributed by atoms with Gasteiger partial charge >= 0.3 is 0 Å². The molecule has 1 aliphatic rings. The molecule has 0 bridgehead atoms. The molecule has 122 valence electrons. The molecule has 0 saturated carbocycles. The van der Waals surface area contributed by atoms with E-state index in [9.17, 15) is 4.79 Å². The van der Waals surface area contributed by atoms with E-state index in [1.54, 1.807) is 0 Å². The van der Waals surface area contributed by atoms with E-state index in [2.05, 4.69) is 19.2 Å². The van der Waals surface area contributed by atoms with Crippen LogP contribution in [-0.2, 0) is 0 Å². The number of carbonyl (C=O) groups excluding carboxylic acids is 1. The first-order chi connectivity index (χ1) is 10.5. The first kappa shape index (κ1) is 17.3. The van der Waals surface area contributed by atoms with Gasteiger partial charge in [0.1, 0.15) is 0 Å². The van der Waals surface area contributed by atoms with Gasteiger partial charge in [0.2, 0.25) is 0 Å². The van der Waals surface area contributed by atoms with Gasteiger partial charge in [-0.15, -0.1) is 0 Å². The van der Waals surface area contributed by atoms with E-state index in [0.29, 0.717) is 16.5 Å². The average molecular weight is 323 g/mol. The van der Waals surface area contributed by atoms with Crippen LogP contribution in [0.5, 0.6) is 0 Å². The Balaban J connectivity index is 1.97. The van der Waals surface area contributed by atoms with Crippen LogP contribution in [0.25, 0.3) is 0 Å². The van der Waals surface area contributed by atoms with E-state index in [4.69, 9.17) is 11.6 Å². The van der Waals surface area contributed by atoms with Crippen molar-refractivity contribution in [2.45, 2.75) is 39.0 Å². The van der Waals surface area contributed by atoms with Crippen molar-refractivity contribution in [2.24, 2.45) is 5.92 Å². The van der Waals surface area contributed by atoms with Crippen molar-refractivity contribution in [3.8, 4) is 0 Å². The predicted molar refractivity (Wildman–Crippen MR) is 92.7 cm³/mol. The third-order valence-electron chi connectivity index (χ3n) is 4.57. The number of hydrogen-bond acceptors (Lipinski definition) is 2. The summed E-state index contributed by atoms with van der Waals surface area (Å²) in [6.45, 7) is 7.00. The second kappa shape index (κ2) is 7.98. The molecule has 22 heavy (non-hydrogen) atoms. The molecule has 0 unspecified atom stereocenters. The molecule has 0 aromatic heterocycles. The summed E-state index contributed by atoms with van der Waals surface area (Å²) < 4.78 is 0. The fraction of sp³-hybridized carbons (Fsp3) is 0.611. The summed E-state index contributed by atoms with van der Waals surface area (Å²) in [6, 6.07) is 5.73. The van der Waals surface area contributed by atoms with Gasteiger partial charge < -0.3 is 10.2 Å². The Morgan fingerprint density at radius 1 is 1.36 bits per heavy atom. The molecule has 1 saturated heterocycles. The van der Waals surface area contributed by atoms with Crippen molar-refractivity contribution in [2.75, 3.05) is 26.7 Å². The summed E-state index contributed by atoms with van der Waals surface area (Å²) in [7, 11) is 1.99. The topological polar surface area (TPSA) is 32.3 Å². The Morgan fingerprint density at radius 2 is 2.05 bits per heavy atom. The lowest BCUT2D eigenvalue weighted by atomic mass is 9.93. The number of carbonyl (C=O) groups is 1. The summed E-state index contributed by atoms with van der Waals surface area (Å²) in [4.78, 5) is 14.6. The minimum absolute atomic E-state index is 0.115. The number of halogens is 1. The molecule has 0 aliphatic carbocycles. The molecule has 1 aromatic rings. The van der Waals surface area contributed by atoms with E-state index in [1.807, 2.05) is 30.1 Å². The van der Waals surface area contributed by atoms with Crippen LogP contribution in [0.3, 0.4) is 0 Å². The molecule has 1 fully saturated rings. The van der Waals surface area contributed by atoms with Gasteiger partial charge in [-0.2, -0.15) is 0 Å². The summed E-state index contributed by atoms with van der Waals surface area (Å²) in [5.74, 6) is 1.23. The van der Waals surface area contributed by atoms with Crippen molar-refractivity contribution in [3.05, 3.63) is 34.3 Å². The molecular formula is C18H27ClN2O. The van der Waals surface area contributed by atoms with E-state index < -0.39 is 0 Å². The van der Waals surface area contributed by atoms with Crippen LogP contribution in [0, 0.1) is 5.92 Å². The number of likely N-dealkylation sites (tertiary alicyclic amines) is 1. The molecule has 1 amide bonds. The minimum atomic E-state index is 0.115. The molecule has 1 heterocycles. The predicted octanol–water partition coefficient (Wildman–Crippen LogP) is 3.93. The molecule has 4 heteroatoms. The SMILES string of the molecule is CNCCC1CCN(C(=O)c2ccc(C(C)C)c(Cl)c2)CC1. The molecule has 0 atom stereocenters. The lowest BCUT2D eigenvalue weighted by Crippen LogP contribution is -2.39. The van der Waals surface area contributed by atoms with Gasteiger partial charge in [0.05, 0.1) is 0 Å². The average Bonchev–Trinajstić information content (AvgIpc) is 2.52. The maximum atomic E-state index is 12.6. The third-order valence-corrected chi connectivity index (χ3v) is 4.90. The number of piperidine rings is 1. The lowest BCUT2D eigenvalue weighted by Gasteiger charge is -2.32. The summed E-state index contributed by atoms with van der Waals surface area (Å²) in [5, 5.41) is 3.90. The van der Waals surface area contributed by atoms with Gasteiger partial charge in [0.15, 0.2) is 0 Å². The number of amides is 1. The van der Waals surface area contributed by atoms with Crippen LogP contribution in [0.15, 0.2) is 18.2 Å².